The van der Waals surface area contributed by atoms with E-state index in [-0.39, 0.29) is 18.4 Å². The minimum atomic E-state index is -0.136. The molecule has 2 amide bonds. The third-order valence-electron chi connectivity index (χ3n) is 5.18. The van der Waals surface area contributed by atoms with E-state index >= 15 is 0 Å². The molecule has 3 heterocycles. The number of benzene rings is 1. The highest BCUT2D eigenvalue weighted by Gasteiger charge is 2.34. The first-order valence-electron chi connectivity index (χ1n) is 9.77. The summed E-state index contributed by atoms with van der Waals surface area (Å²) in [5.41, 5.74) is 2.24. The van der Waals surface area contributed by atoms with Gasteiger partial charge in [-0.2, -0.15) is 0 Å². The lowest BCUT2D eigenvalue weighted by Crippen LogP contribution is -2.30. The molecule has 0 aliphatic carbocycles. The maximum Gasteiger partial charge on any atom is 0.276 e. The molecular formula is C22H21BrN4O3S. The fraction of sp³-hybridized carbons (Fsp3) is 0.227. The SMILES string of the molecule is CCN1C(=O)/C(=C/c2cn(CC(=O)NCc3ccco3)c3ccc(Br)cc23)N(C)C1=S. The van der Waals surface area contributed by atoms with Crippen molar-refractivity contribution in [2.75, 3.05) is 13.6 Å². The summed E-state index contributed by atoms with van der Waals surface area (Å²) in [6.07, 6.45) is 5.29. The van der Waals surface area contributed by atoms with Gasteiger partial charge in [-0.15, -0.1) is 0 Å². The molecule has 0 spiro atoms. The standard InChI is InChI=1S/C22H21BrN4O3S/c1-3-27-21(29)19(25(2)22(27)31)9-14-12-26(18-7-6-15(23)10-17(14)18)13-20(28)24-11-16-5-4-8-30-16/h4-10,12H,3,11,13H2,1-2H3,(H,24,28)/b19-9-. The predicted molar refractivity (Wildman–Crippen MR) is 126 cm³/mol. The average molecular weight is 501 g/mol. The van der Waals surface area contributed by atoms with Crippen LogP contribution >= 0.6 is 28.1 Å². The van der Waals surface area contributed by atoms with Gasteiger partial charge in [-0.25, -0.2) is 0 Å². The number of rotatable bonds is 6. The van der Waals surface area contributed by atoms with Crippen LogP contribution in [0.25, 0.3) is 17.0 Å². The summed E-state index contributed by atoms with van der Waals surface area (Å²) in [6, 6.07) is 9.45. The molecule has 1 N–H and O–H groups in total. The van der Waals surface area contributed by atoms with E-state index in [0.29, 0.717) is 29.7 Å². The van der Waals surface area contributed by atoms with Crippen LogP contribution in [0, 0.1) is 0 Å². The molecule has 3 aromatic rings. The smallest absolute Gasteiger partial charge is 0.276 e. The maximum atomic E-state index is 12.8. The van der Waals surface area contributed by atoms with E-state index in [0.717, 1.165) is 20.9 Å². The third-order valence-corrected chi connectivity index (χ3v) is 6.17. The van der Waals surface area contributed by atoms with Gasteiger partial charge in [-0.05, 0) is 55.5 Å². The average Bonchev–Trinajstić information content (AvgIpc) is 3.42. The van der Waals surface area contributed by atoms with Crippen LogP contribution in [0.2, 0.25) is 0 Å². The van der Waals surface area contributed by atoms with Crippen molar-refractivity contribution in [3.05, 3.63) is 64.3 Å². The van der Waals surface area contributed by atoms with Gasteiger partial charge in [-0.3, -0.25) is 14.5 Å². The molecule has 1 aliphatic rings. The van der Waals surface area contributed by atoms with Crippen LogP contribution in [0.3, 0.4) is 0 Å². The van der Waals surface area contributed by atoms with Gasteiger partial charge in [0.1, 0.15) is 18.0 Å². The largest absolute Gasteiger partial charge is 0.467 e. The van der Waals surface area contributed by atoms with Crippen molar-refractivity contribution in [2.24, 2.45) is 0 Å². The number of carbonyl (C=O) groups excluding carboxylic acids is 2. The van der Waals surface area contributed by atoms with E-state index in [1.54, 1.807) is 29.2 Å². The van der Waals surface area contributed by atoms with Gasteiger partial charge in [0.15, 0.2) is 5.11 Å². The number of halogens is 1. The van der Waals surface area contributed by atoms with Gasteiger partial charge < -0.3 is 19.2 Å². The minimum absolute atomic E-state index is 0.123. The van der Waals surface area contributed by atoms with Gasteiger partial charge in [0.25, 0.3) is 5.91 Å². The molecule has 7 nitrogen and oxygen atoms in total. The van der Waals surface area contributed by atoms with Crippen molar-refractivity contribution in [1.29, 1.82) is 0 Å². The molecule has 1 aliphatic heterocycles. The highest BCUT2D eigenvalue weighted by molar-refractivity contribution is 9.10. The summed E-state index contributed by atoms with van der Waals surface area (Å²) >= 11 is 8.91. The van der Waals surface area contributed by atoms with E-state index < -0.39 is 0 Å². The Hall–Kier alpha value is -2.91. The summed E-state index contributed by atoms with van der Waals surface area (Å²) in [4.78, 5) is 28.6. The second kappa shape index (κ2) is 8.68. The number of aromatic nitrogens is 1. The Bertz CT molecular complexity index is 1200. The van der Waals surface area contributed by atoms with Gasteiger partial charge >= 0.3 is 0 Å². The Morgan fingerprint density at radius 2 is 2.13 bits per heavy atom. The van der Waals surface area contributed by atoms with E-state index in [1.807, 2.05) is 48.0 Å². The molecule has 0 atom stereocenters. The van der Waals surface area contributed by atoms with Crippen molar-refractivity contribution in [3.63, 3.8) is 0 Å². The molecule has 1 aromatic carbocycles. The van der Waals surface area contributed by atoms with Crippen LogP contribution in [0.15, 0.2) is 57.4 Å². The second-order valence-corrected chi connectivity index (χ2v) is 8.43. The normalized spacial score (nSPS) is 15.5. The highest BCUT2D eigenvalue weighted by atomic mass is 79.9. The molecular weight excluding hydrogens is 480 g/mol. The number of furan rings is 1. The molecule has 1 fully saturated rings. The summed E-state index contributed by atoms with van der Waals surface area (Å²) in [7, 11) is 1.79. The van der Waals surface area contributed by atoms with Gasteiger partial charge in [0.2, 0.25) is 5.91 Å². The predicted octanol–water partition coefficient (Wildman–Crippen LogP) is 3.73. The Kier molecular flexibility index (Phi) is 5.97. The molecule has 9 heteroatoms. The quantitative estimate of drug-likeness (QED) is 0.412. The number of carbonyl (C=O) groups is 2. The van der Waals surface area contributed by atoms with Crippen LogP contribution in [-0.2, 0) is 22.7 Å². The Morgan fingerprint density at radius 3 is 2.81 bits per heavy atom. The minimum Gasteiger partial charge on any atom is -0.467 e. The summed E-state index contributed by atoms with van der Waals surface area (Å²) < 4.78 is 8.05. The molecule has 0 radical (unpaired) electrons. The van der Waals surface area contributed by atoms with Crippen molar-refractivity contribution >= 4 is 62.1 Å². The van der Waals surface area contributed by atoms with Crippen LogP contribution in [-0.4, -0.2) is 44.9 Å². The Morgan fingerprint density at radius 1 is 1.32 bits per heavy atom. The number of thiocarbonyl (C=S) groups is 1. The monoisotopic (exact) mass is 500 g/mol. The zero-order valence-corrected chi connectivity index (χ0v) is 19.5. The van der Waals surface area contributed by atoms with Crippen molar-refractivity contribution < 1.29 is 14.0 Å². The number of nitrogens with one attached hydrogen (secondary N) is 1. The zero-order chi connectivity index (χ0) is 22.1. The van der Waals surface area contributed by atoms with E-state index in [1.165, 1.54) is 0 Å². The third kappa shape index (κ3) is 4.15. The van der Waals surface area contributed by atoms with Crippen LogP contribution in [0.4, 0.5) is 0 Å². The van der Waals surface area contributed by atoms with E-state index in [4.69, 9.17) is 16.6 Å². The Balaban J connectivity index is 1.65. The van der Waals surface area contributed by atoms with E-state index in [9.17, 15) is 9.59 Å². The first kappa shape index (κ1) is 21.3. The molecule has 4 rings (SSSR count). The second-order valence-electron chi connectivity index (χ2n) is 7.15. The summed E-state index contributed by atoms with van der Waals surface area (Å²) in [5, 5.41) is 4.28. The number of amides is 2. The molecule has 2 aromatic heterocycles. The molecule has 0 unspecified atom stereocenters. The fourth-order valence-electron chi connectivity index (χ4n) is 3.59. The Labute approximate surface area is 193 Å². The van der Waals surface area contributed by atoms with Crippen LogP contribution in [0.5, 0.6) is 0 Å². The molecule has 0 bridgehead atoms. The fourth-order valence-corrected chi connectivity index (χ4v) is 4.26. The number of fused-ring (bicyclic) bond motifs is 1. The summed E-state index contributed by atoms with van der Waals surface area (Å²) in [6.45, 7) is 2.89. The molecule has 0 saturated carbocycles. The van der Waals surface area contributed by atoms with Crippen LogP contribution in [0.1, 0.15) is 18.2 Å². The van der Waals surface area contributed by atoms with Crippen LogP contribution < -0.4 is 5.32 Å². The molecule has 160 valence electrons. The molecule has 1 saturated heterocycles. The number of hydrogen-bond donors (Lipinski definition) is 1. The van der Waals surface area contributed by atoms with Crippen molar-refractivity contribution in [2.45, 2.75) is 20.0 Å². The van der Waals surface area contributed by atoms with Gasteiger partial charge in [-0.1, -0.05) is 15.9 Å². The lowest BCUT2D eigenvalue weighted by Gasteiger charge is -2.13. The maximum absolute atomic E-state index is 12.8. The van der Waals surface area contributed by atoms with Crippen molar-refractivity contribution in [3.8, 4) is 0 Å². The first-order chi connectivity index (χ1) is 14.9. The lowest BCUT2D eigenvalue weighted by molar-refractivity contribution is -0.123. The topological polar surface area (TPSA) is 70.7 Å². The first-order valence-corrected chi connectivity index (χ1v) is 11.0. The zero-order valence-electron chi connectivity index (χ0n) is 17.1. The lowest BCUT2D eigenvalue weighted by atomic mass is 10.1. The summed E-state index contributed by atoms with van der Waals surface area (Å²) in [5.74, 6) is 0.434. The van der Waals surface area contributed by atoms with E-state index in [2.05, 4.69) is 21.2 Å². The number of nitrogens with zero attached hydrogens (tertiary/aromatic N) is 3. The molecule has 31 heavy (non-hydrogen) atoms. The van der Waals surface area contributed by atoms with Crippen molar-refractivity contribution in [1.82, 2.24) is 19.7 Å². The number of hydrogen-bond acceptors (Lipinski definition) is 4. The van der Waals surface area contributed by atoms with Gasteiger partial charge in [0.05, 0.1) is 12.8 Å². The van der Waals surface area contributed by atoms with Gasteiger partial charge in [0, 0.05) is 40.7 Å². The highest BCUT2D eigenvalue weighted by Crippen LogP contribution is 2.29. The number of likely N-dealkylation sites (N-methyl/N-ethyl adjacent to an activating group) is 2.